The highest BCUT2D eigenvalue weighted by Gasteiger charge is 2.47. The molecule has 34 heavy (non-hydrogen) atoms. The summed E-state index contributed by atoms with van der Waals surface area (Å²) < 4.78 is 0. The lowest BCUT2D eigenvalue weighted by Gasteiger charge is -2.31. The van der Waals surface area contributed by atoms with Crippen LogP contribution in [-0.2, 0) is 13.0 Å². The zero-order valence-electron chi connectivity index (χ0n) is 20.4. The van der Waals surface area contributed by atoms with Crippen LogP contribution in [0.1, 0.15) is 43.0 Å². The van der Waals surface area contributed by atoms with Crippen LogP contribution >= 0.6 is 0 Å². The summed E-state index contributed by atoms with van der Waals surface area (Å²) in [7, 11) is 0. The van der Waals surface area contributed by atoms with E-state index in [1.165, 1.54) is 11.1 Å². The number of anilines is 1. The van der Waals surface area contributed by atoms with Crippen molar-refractivity contribution in [2.24, 2.45) is 0 Å². The highest BCUT2D eigenvalue weighted by Crippen LogP contribution is 2.40. The smallest absolute Gasteiger partial charge is 0.329 e. The molecule has 2 amide bonds. The number of para-hydroxylation sites is 1. The first-order chi connectivity index (χ1) is 16.3. The quantitative estimate of drug-likeness (QED) is 0.453. The van der Waals surface area contributed by atoms with Gasteiger partial charge in [-0.2, -0.15) is 0 Å². The van der Waals surface area contributed by atoms with Crippen LogP contribution in [0.5, 0.6) is 0 Å². The van der Waals surface area contributed by atoms with Crippen molar-refractivity contribution < 1.29 is 9.90 Å². The van der Waals surface area contributed by atoms with Crippen molar-refractivity contribution in [3.05, 3.63) is 120 Å². The topological polar surface area (TPSA) is 43.8 Å². The molecule has 3 aromatic rings. The van der Waals surface area contributed by atoms with Crippen molar-refractivity contribution in [2.75, 3.05) is 11.5 Å². The first-order valence-electron chi connectivity index (χ1n) is 11.6. The van der Waals surface area contributed by atoms with Crippen molar-refractivity contribution >= 4 is 17.8 Å². The summed E-state index contributed by atoms with van der Waals surface area (Å²) in [6.07, 6.45) is 2.62. The van der Waals surface area contributed by atoms with Crippen LogP contribution < -0.4 is 4.90 Å². The van der Waals surface area contributed by atoms with Crippen LogP contribution in [0.15, 0.2) is 97.7 Å². The Bertz CT molecular complexity index is 1150. The Kier molecular flexibility index (Phi) is 8.08. The van der Waals surface area contributed by atoms with Crippen molar-refractivity contribution in [3.63, 3.8) is 0 Å². The molecule has 1 N–H and O–H groups in total. The highest BCUT2D eigenvalue weighted by molar-refractivity contribution is 6.01. The molecule has 0 aliphatic carbocycles. The fourth-order valence-electron chi connectivity index (χ4n) is 4.15. The third kappa shape index (κ3) is 5.13. The molecular weight excluding hydrogens is 420 g/mol. The van der Waals surface area contributed by atoms with Crippen molar-refractivity contribution in [1.82, 2.24) is 4.90 Å². The lowest BCUT2D eigenvalue weighted by atomic mass is 9.96. The average Bonchev–Trinajstić information content (AvgIpc) is 3.00. The van der Waals surface area contributed by atoms with E-state index in [9.17, 15) is 4.79 Å². The summed E-state index contributed by atoms with van der Waals surface area (Å²) in [6.45, 7) is 14.8. The summed E-state index contributed by atoms with van der Waals surface area (Å²) in [5.74, 6) is 0. The number of carbonyl (C=O) groups excluding carboxylic acids is 1. The summed E-state index contributed by atoms with van der Waals surface area (Å²) in [6, 6.07) is 26.5. The number of aliphatic hydroxyl groups excluding tert-OH is 1. The van der Waals surface area contributed by atoms with Gasteiger partial charge in [0.2, 0.25) is 0 Å². The Morgan fingerprint density at radius 2 is 1.47 bits per heavy atom. The van der Waals surface area contributed by atoms with Gasteiger partial charge < -0.3 is 10.0 Å². The van der Waals surface area contributed by atoms with Crippen molar-refractivity contribution in [2.45, 2.75) is 39.3 Å². The lowest BCUT2D eigenvalue weighted by Crippen LogP contribution is -2.41. The van der Waals surface area contributed by atoms with Gasteiger partial charge in [0.1, 0.15) is 0 Å². The number of hydrogen-bond acceptors (Lipinski definition) is 2. The van der Waals surface area contributed by atoms with Gasteiger partial charge in [0.25, 0.3) is 0 Å². The van der Waals surface area contributed by atoms with Crippen molar-refractivity contribution in [1.29, 1.82) is 0 Å². The molecule has 0 radical (unpaired) electrons. The minimum Gasteiger partial charge on any atom is -0.397 e. The average molecular weight is 455 g/mol. The molecule has 0 aromatic heterocycles. The van der Waals surface area contributed by atoms with Crippen LogP contribution in [0, 0.1) is 0 Å². The predicted molar refractivity (Wildman–Crippen MR) is 142 cm³/mol. The molecule has 3 aromatic carbocycles. The Morgan fingerprint density at radius 1 is 0.912 bits per heavy atom. The maximum atomic E-state index is 13.6. The normalized spacial score (nSPS) is 14.6. The number of carbonyl (C=O) groups is 1. The first kappa shape index (κ1) is 25.0. The Balaban J connectivity index is 0.00000103. The molecule has 176 valence electrons. The summed E-state index contributed by atoms with van der Waals surface area (Å²) in [5, 5.41) is 7.57. The molecular formula is C30H34N2O2. The van der Waals surface area contributed by atoms with E-state index < -0.39 is 5.54 Å². The molecule has 0 unspecified atom stereocenters. The summed E-state index contributed by atoms with van der Waals surface area (Å²) in [5.41, 5.74) is 5.64. The number of benzene rings is 3. The molecule has 1 saturated heterocycles. The van der Waals surface area contributed by atoms with E-state index in [1.54, 1.807) is 17.9 Å². The Hall–Kier alpha value is -3.63. The molecule has 0 bridgehead atoms. The lowest BCUT2D eigenvalue weighted by molar-refractivity contribution is 0.179. The second-order valence-electron chi connectivity index (χ2n) is 8.72. The van der Waals surface area contributed by atoms with Gasteiger partial charge in [-0.05, 0) is 55.5 Å². The van der Waals surface area contributed by atoms with Crippen LogP contribution in [0.3, 0.4) is 0 Å². The SMILES string of the molecule is C=Cc1ccccc1N1C(=C)C(C)(C)N(Cc2ccccc2Cc2ccccc2)C1=O.CCO. The van der Waals surface area contributed by atoms with Gasteiger partial charge in [0.15, 0.2) is 0 Å². The number of rotatable bonds is 6. The van der Waals surface area contributed by atoms with Crippen LogP contribution in [0.25, 0.3) is 6.08 Å². The number of aliphatic hydroxyl groups is 1. The fourth-order valence-corrected chi connectivity index (χ4v) is 4.15. The van der Waals surface area contributed by atoms with E-state index in [1.807, 2.05) is 41.3 Å². The number of hydrogen-bond donors (Lipinski definition) is 1. The third-order valence-corrected chi connectivity index (χ3v) is 6.15. The second-order valence-corrected chi connectivity index (χ2v) is 8.72. The zero-order valence-corrected chi connectivity index (χ0v) is 20.4. The molecule has 1 heterocycles. The molecule has 0 spiro atoms. The second kappa shape index (κ2) is 11.0. The summed E-state index contributed by atoms with van der Waals surface area (Å²) in [4.78, 5) is 17.3. The van der Waals surface area contributed by atoms with E-state index in [-0.39, 0.29) is 12.6 Å². The molecule has 4 nitrogen and oxygen atoms in total. The van der Waals surface area contributed by atoms with E-state index in [0.29, 0.717) is 6.54 Å². The van der Waals surface area contributed by atoms with Gasteiger partial charge >= 0.3 is 6.03 Å². The maximum Gasteiger partial charge on any atom is 0.329 e. The molecule has 1 aliphatic rings. The van der Waals surface area contributed by atoms with Gasteiger partial charge in [0, 0.05) is 18.8 Å². The summed E-state index contributed by atoms with van der Waals surface area (Å²) >= 11 is 0. The maximum absolute atomic E-state index is 13.6. The standard InChI is InChI=1S/C28H28N2O.C2H6O/c1-5-23-15-11-12-18-26(23)30-21(2)28(3,4)29(27(30)31)20-25-17-10-9-16-24(25)19-22-13-7-6-8-14-22;1-2-3/h5-18H,1-2,19-20H2,3-4H3;3H,2H2,1H3. The highest BCUT2D eigenvalue weighted by atomic mass is 16.2. The monoisotopic (exact) mass is 454 g/mol. The Labute approximate surface area is 203 Å². The van der Waals surface area contributed by atoms with Crippen LogP contribution in [0.4, 0.5) is 10.5 Å². The molecule has 1 fully saturated rings. The largest absolute Gasteiger partial charge is 0.397 e. The molecule has 1 aliphatic heterocycles. The predicted octanol–water partition coefficient (Wildman–Crippen LogP) is 6.65. The minimum absolute atomic E-state index is 0.0567. The molecule has 0 atom stereocenters. The van der Waals surface area contributed by atoms with Gasteiger partial charge in [-0.25, -0.2) is 4.79 Å². The number of amides is 2. The van der Waals surface area contributed by atoms with Gasteiger partial charge in [-0.1, -0.05) is 92.0 Å². The minimum atomic E-state index is -0.509. The fraction of sp³-hybridized carbons (Fsp3) is 0.233. The van der Waals surface area contributed by atoms with Crippen molar-refractivity contribution in [3.8, 4) is 0 Å². The van der Waals surface area contributed by atoms with Gasteiger partial charge in [0.05, 0.1) is 11.2 Å². The number of urea groups is 1. The van der Waals surface area contributed by atoms with Crippen LogP contribution in [0.2, 0.25) is 0 Å². The van der Waals surface area contributed by atoms with Gasteiger partial charge in [-0.3, -0.25) is 4.90 Å². The van der Waals surface area contributed by atoms with E-state index >= 15 is 0 Å². The molecule has 0 saturated carbocycles. The van der Waals surface area contributed by atoms with E-state index in [0.717, 1.165) is 28.9 Å². The van der Waals surface area contributed by atoms with Gasteiger partial charge in [-0.15, -0.1) is 0 Å². The number of nitrogens with zero attached hydrogens (tertiary/aromatic N) is 2. The molecule has 4 heteroatoms. The zero-order chi connectivity index (χ0) is 24.7. The third-order valence-electron chi connectivity index (χ3n) is 6.15. The first-order valence-corrected chi connectivity index (χ1v) is 11.6. The van der Waals surface area contributed by atoms with Crippen LogP contribution in [-0.4, -0.2) is 28.2 Å². The Morgan fingerprint density at radius 3 is 2.12 bits per heavy atom. The molecule has 4 rings (SSSR count). The van der Waals surface area contributed by atoms with E-state index in [2.05, 4.69) is 69.5 Å². The van der Waals surface area contributed by atoms with E-state index in [4.69, 9.17) is 5.11 Å².